The molecule has 0 atom stereocenters. The van der Waals surface area contributed by atoms with E-state index in [-0.39, 0.29) is 5.91 Å². The zero-order chi connectivity index (χ0) is 17.9. The number of fused-ring (bicyclic) bond motifs is 1. The first-order valence-corrected chi connectivity index (χ1v) is 10.9. The van der Waals surface area contributed by atoms with Gasteiger partial charge in [-0.1, -0.05) is 35.5 Å². The topological polar surface area (TPSA) is 46.1 Å². The second-order valence-corrected chi connectivity index (χ2v) is 8.50. The zero-order valence-corrected chi connectivity index (χ0v) is 16.5. The van der Waals surface area contributed by atoms with Crippen molar-refractivity contribution >= 4 is 50.8 Å². The van der Waals surface area contributed by atoms with Crippen LogP contribution in [-0.2, 0) is 4.79 Å². The number of thiophene rings is 1. The number of hydrogen-bond donors (Lipinski definition) is 0. The van der Waals surface area contributed by atoms with Gasteiger partial charge in [-0.15, -0.1) is 11.3 Å². The van der Waals surface area contributed by atoms with Crippen LogP contribution in [0.5, 0.6) is 0 Å². The molecule has 0 N–H and O–H groups in total. The molecule has 1 aliphatic rings. The fourth-order valence-electron chi connectivity index (χ4n) is 3.16. The maximum Gasteiger partial charge on any atom is 0.232 e. The van der Waals surface area contributed by atoms with Crippen LogP contribution in [0.2, 0.25) is 5.02 Å². The van der Waals surface area contributed by atoms with E-state index in [0.717, 1.165) is 52.3 Å². The van der Waals surface area contributed by atoms with E-state index in [9.17, 15) is 4.79 Å². The lowest BCUT2D eigenvalue weighted by atomic mass is 10.1. The molecule has 3 aromatic rings. The molecule has 134 valence electrons. The van der Waals surface area contributed by atoms with E-state index in [2.05, 4.69) is 15.3 Å². The molecule has 26 heavy (non-hydrogen) atoms. The number of aromatic nitrogens is 2. The van der Waals surface area contributed by atoms with Crippen LogP contribution >= 0.6 is 34.7 Å². The molecule has 1 fully saturated rings. The van der Waals surface area contributed by atoms with Crippen LogP contribution in [0.25, 0.3) is 21.3 Å². The average molecular weight is 404 g/mol. The van der Waals surface area contributed by atoms with E-state index in [0.29, 0.717) is 10.8 Å². The smallest absolute Gasteiger partial charge is 0.232 e. The highest BCUT2D eigenvalue weighted by Crippen LogP contribution is 2.38. The number of amides is 1. The predicted molar refractivity (Wildman–Crippen MR) is 109 cm³/mol. The van der Waals surface area contributed by atoms with Gasteiger partial charge in [-0.3, -0.25) is 4.79 Å². The molecule has 1 saturated heterocycles. The monoisotopic (exact) mass is 403 g/mol. The van der Waals surface area contributed by atoms with Crippen LogP contribution in [0, 0.1) is 0 Å². The maximum atomic E-state index is 12.5. The van der Waals surface area contributed by atoms with Crippen molar-refractivity contribution < 1.29 is 4.79 Å². The second kappa shape index (κ2) is 7.94. The maximum absolute atomic E-state index is 12.5. The summed E-state index contributed by atoms with van der Waals surface area (Å²) < 4.78 is 0. The third kappa shape index (κ3) is 3.72. The minimum absolute atomic E-state index is 0.199. The molecule has 0 unspecified atom stereocenters. The SMILES string of the molecule is O=C(CSc1ncnc2scc(-c3ccc(Cl)cc3)c12)N1CCCCC1. The summed E-state index contributed by atoms with van der Waals surface area (Å²) in [6, 6.07) is 7.78. The molecule has 0 aliphatic carbocycles. The van der Waals surface area contributed by atoms with Gasteiger partial charge in [-0.05, 0) is 37.0 Å². The Balaban J connectivity index is 1.59. The number of likely N-dealkylation sites (tertiary alicyclic amines) is 1. The Morgan fingerprint density at radius 1 is 1.15 bits per heavy atom. The number of rotatable bonds is 4. The quantitative estimate of drug-likeness (QED) is 0.448. The molecule has 0 saturated carbocycles. The van der Waals surface area contributed by atoms with Gasteiger partial charge >= 0.3 is 0 Å². The van der Waals surface area contributed by atoms with Crippen molar-refractivity contribution in [3.05, 3.63) is 41.0 Å². The molecule has 4 rings (SSSR count). The van der Waals surface area contributed by atoms with Crippen LogP contribution in [-0.4, -0.2) is 39.6 Å². The molecule has 0 bridgehead atoms. The Kier molecular flexibility index (Phi) is 5.43. The molecular weight excluding hydrogens is 386 g/mol. The molecular formula is C19H18ClN3OS2. The van der Waals surface area contributed by atoms with Crippen molar-refractivity contribution in [2.45, 2.75) is 24.3 Å². The summed E-state index contributed by atoms with van der Waals surface area (Å²) in [5.74, 6) is 0.617. The summed E-state index contributed by atoms with van der Waals surface area (Å²) in [4.78, 5) is 24.3. The van der Waals surface area contributed by atoms with E-state index in [4.69, 9.17) is 11.6 Å². The molecule has 1 aromatic carbocycles. The predicted octanol–water partition coefficient (Wildman–Crippen LogP) is 5.12. The van der Waals surface area contributed by atoms with Crippen LogP contribution in [0.3, 0.4) is 0 Å². The summed E-state index contributed by atoms with van der Waals surface area (Å²) in [7, 11) is 0. The Bertz CT molecular complexity index is 920. The van der Waals surface area contributed by atoms with Crippen LogP contribution in [0.4, 0.5) is 0 Å². The van der Waals surface area contributed by atoms with Gasteiger partial charge in [-0.25, -0.2) is 9.97 Å². The minimum Gasteiger partial charge on any atom is -0.342 e. The van der Waals surface area contributed by atoms with Crippen LogP contribution in [0.1, 0.15) is 19.3 Å². The first-order valence-electron chi connectivity index (χ1n) is 8.61. The number of hydrogen-bond acceptors (Lipinski definition) is 5. The first kappa shape index (κ1) is 17.8. The first-order chi connectivity index (χ1) is 12.7. The van der Waals surface area contributed by atoms with Crippen molar-refractivity contribution in [3.63, 3.8) is 0 Å². The number of carbonyl (C=O) groups is 1. The van der Waals surface area contributed by atoms with Crippen LogP contribution < -0.4 is 0 Å². The van der Waals surface area contributed by atoms with Gasteiger partial charge in [0.25, 0.3) is 0 Å². The normalized spacial score (nSPS) is 14.7. The van der Waals surface area contributed by atoms with Crippen molar-refractivity contribution in [1.29, 1.82) is 0 Å². The third-order valence-electron chi connectivity index (χ3n) is 4.53. The largest absolute Gasteiger partial charge is 0.342 e. The third-order valence-corrected chi connectivity index (χ3v) is 6.64. The fraction of sp³-hybridized carbons (Fsp3) is 0.316. The molecule has 0 spiro atoms. The van der Waals surface area contributed by atoms with Gasteiger partial charge in [-0.2, -0.15) is 0 Å². The fourth-order valence-corrected chi connectivity index (χ4v) is 5.19. The summed E-state index contributed by atoms with van der Waals surface area (Å²) >= 11 is 9.12. The minimum atomic E-state index is 0.199. The zero-order valence-electron chi connectivity index (χ0n) is 14.2. The Hall–Kier alpha value is -1.63. The average Bonchev–Trinajstić information content (AvgIpc) is 3.12. The highest BCUT2D eigenvalue weighted by molar-refractivity contribution is 8.00. The van der Waals surface area contributed by atoms with E-state index < -0.39 is 0 Å². The lowest BCUT2D eigenvalue weighted by molar-refractivity contribution is -0.129. The molecule has 1 aliphatic heterocycles. The lowest BCUT2D eigenvalue weighted by Crippen LogP contribution is -2.36. The summed E-state index contributed by atoms with van der Waals surface area (Å²) in [6.07, 6.45) is 5.03. The molecule has 2 aromatic heterocycles. The Morgan fingerprint density at radius 2 is 1.92 bits per heavy atom. The standard InChI is InChI=1S/C19H18ClN3OS2/c20-14-6-4-13(5-7-14)15-10-25-18-17(15)19(22-12-21-18)26-11-16(24)23-8-2-1-3-9-23/h4-7,10,12H,1-3,8-9,11H2. The van der Waals surface area contributed by atoms with Gasteiger partial charge in [0.05, 0.1) is 11.1 Å². The van der Waals surface area contributed by atoms with Crippen molar-refractivity contribution in [1.82, 2.24) is 14.9 Å². The lowest BCUT2D eigenvalue weighted by Gasteiger charge is -2.26. The molecule has 3 heterocycles. The second-order valence-electron chi connectivity index (χ2n) is 6.25. The van der Waals surface area contributed by atoms with E-state index >= 15 is 0 Å². The molecule has 1 amide bonds. The van der Waals surface area contributed by atoms with Crippen molar-refractivity contribution in [2.75, 3.05) is 18.8 Å². The summed E-state index contributed by atoms with van der Waals surface area (Å²) in [6.45, 7) is 1.76. The van der Waals surface area contributed by atoms with Gasteiger partial charge < -0.3 is 4.90 Å². The van der Waals surface area contributed by atoms with Gasteiger partial charge in [0, 0.05) is 29.1 Å². The highest BCUT2D eigenvalue weighted by atomic mass is 35.5. The summed E-state index contributed by atoms with van der Waals surface area (Å²) in [5, 5.41) is 4.70. The number of nitrogens with zero attached hydrogens (tertiary/aromatic N) is 3. The van der Waals surface area contributed by atoms with Crippen LogP contribution in [0.15, 0.2) is 41.0 Å². The van der Waals surface area contributed by atoms with E-state index in [1.807, 2.05) is 29.2 Å². The van der Waals surface area contributed by atoms with E-state index in [1.165, 1.54) is 18.2 Å². The molecule has 0 radical (unpaired) electrons. The number of piperidine rings is 1. The van der Waals surface area contributed by atoms with Crippen molar-refractivity contribution in [3.8, 4) is 11.1 Å². The molecule has 7 heteroatoms. The number of benzene rings is 1. The Labute approximate surface area is 165 Å². The number of halogens is 1. The van der Waals surface area contributed by atoms with Gasteiger partial charge in [0.1, 0.15) is 16.2 Å². The Morgan fingerprint density at radius 3 is 2.69 bits per heavy atom. The summed E-state index contributed by atoms with van der Waals surface area (Å²) in [5.41, 5.74) is 2.18. The van der Waals surface area contributed by atoms with Gasteiger partial charge in [0.2, 0.25) is 5.91 Å². The number of thioether (sulfide) groups is 1. The molecule has 4 nitrogen and oxygen atoms in total. The highest BCUT2D eigenvalue weighted by Gasteiger charge is 2.19. The number of carbonyl (C=O) groups excluding carboxylic acids is 1. The van der Waals surface area contributed by atoms with Crippen molar-refractivity contribution in [2.24, 2.45) is 0 Å². The van der Waals surface area contributed by atoms with E-state index in [1.54, 1.807) is 17.7 Å². The van der Waals surface area contributed by atoms with Gasteiger partial charge in [0.15, 0.2) is 0 Å².